The normalized spacial score (nSPS) is 11.1. The Balaban J connectivity index is 1.53. The lowest BCUT2D eigenvalue weighted by atomic mass is 10.1. The molecule has 0 saturated carbocycles. The number of aromatic nitrogens is 5. The highest BCUT2D eigenvalue weighted by molar-refractivity contribution is 5.87. The number of pyridine rings is 1. The van der Waals surface area contributed by atoms with Crippen molar-refractivity contribution in [3.8, 4) is 11.3 Å². The highest BCUT2D eigenvalue weighted by atomic mass is 19.1. The van der Waals surface area contributed by atoms with Gasteiger partial charge in [-0.15, -0.1) is 0 Å². The van der Waals surface area contributed by atoms with Crippen molar-refractivity contribution in [3.63, 3.8) is 0 Å². The fourth-order valence-corrected chi connectivity index (χ4v) is 3.38. The minimum atomic E-state index is -0.300. The summed E-state index contributed by atoms with van der Waals surface area (Å²) in [4.78, 5) is 21.3. The highest BCUT2D eigenvalue weighted by Crippen LogP contribution is 2.27. The van der Waals surface area contributed by atoms with E-state index in [0.717, 1.165) is 22.5 Å². The van der Waals surface area contributed by atoms with Gasteiger partial charge in [-0.1, -0.05) is 0 Å². The van der Waals surface area contributed by atoms with E-state index in [9.17, 15) is 9.18 Å². The van der Waals surface area contributed by atoms with E-state index in [2.05, 4.69) is 20.4 Å². The van der Waals surface area contributed by atoms with Gasteiger partial charge in [-0.2, -0.15) is 5.10 Å². The largest absolute Gasteiger partial charge is 0.353 e. The summed E-state index contributed by atoms with van der Waals surface area (Å²) in [5.74, 6) is 1.09. The van der Waals surface area contributed by atoms with Crippen LogP contribution in [0.25, 0.3) is 22.3 Å². The van der Waals surface area contributed by atoms with Crippen molar-refractivity contribution in [2.45, 2.75) is 26.9 Å². The third kappa shape index (κ3) is 4.01. The van der Waals surface area contributed by atoms with Gasteiger partial charge in [-0.3, -0.25) is 4.79 Å². The average Bonchev–Trinajstić information content (AvgIpc) is 3.22. The fraction of sp³-hybridized carbons (Fsp3) is 0.238. The SMILES string of the molecule is Cc1nc(C)n(CCNC(=O)Cn2c(-c3ccc(F)cc3)cc3cccnc32)n1. The van der Waals surface area contributed by atoms with Gasteiger partial charge in [-0.25, -0.2) is 19.0 Å². The number of amides is 1. The minimum absolute atomic E-state index is 0.114. The molecule has 29 heavy (non-hydrogen) atoms. The molecule has 0 bridgehead atoms. The van der Waals surface area contributed by atoms with Gasteiger partial charge in [0.1, 0.15) is 29.7 Å². The molecule has 0 spiro atoms. The molecule has 3 aromatic heterocycles. The molecule has 1 N–H and O–H groups in total. The molecule has 8 heteroatoms. The molecule has 0 aliphatic carbocycles. The predicted molar refractivity (Wildman–Crippen MR) is 108 cm³/mol. The Bertz CT molecular complexity index is 1160. The lowest BCUT2D eigenvalue weighted by molar-refractivity contribution is -0.121. The van der Waals surface area contributed by atoms with Gasteiger partial charge in [0.05, 0.1) is 12.2 Å². The standard InChI is InChI=1S/C21H21FN6O/c1-14-25-15(2)28(26-14)11-10-23-20(29)13-27-19(16-5-7-18(22)8-6-16)12-17-4-3-9-24-21(17)27/h3-9,12H,10-11,13H2,1-2H3,(H,23,29). The number of carbonyl (C=O) groups excluding carboxylic acids is 1. The van der Waals surface area contributed by atoms with Crippen LogP contribution in [0.15, 0.2) is 48.7 Å². The van der Waals surface area contributed by atoms with E-state index in [1.807, 2.05) is 36.6 Å². The zero-order valence-corrected chi connectivity index (χ0v) is 16.3. The van der Waals surface area contributed by atoms with E-state index < -0.39 is 0 Å². The van der Waals surface area contributed by atoms with E-state index >= 15 is 0 Å². The van der Waals surface area contributed by atoms with Gasteiger partial charge >= 0.3 is 0 Å². The van der Waals surface area contributed by atoms with E-state index in [1.165, 1.54) is 12.1 Å². The van der Waals surface area contributed by atoms with Crippen molar-refractivity contribution >= 4 is 16.9 Å². The molecule has 0 radical (unpaired) electrons. The first-order chi connectivity index (χ1) is 14.0. The van der Waals surface area contributed by atoms with Crippen molar-refractivity contribution in [3.05, 3.63) is 66.1 Å². The summed E-state index contributed by atoms with van der Waals surface area (Å²) in [5.41, 5.74) is 2.35. The Kier molecular flexibility index (Phi) is 5.07. The summed E-state index contributed by atoms with van der Waals surface area (Å²) in [6.45, 7) is 4.83. The first-order valence-electron chi connectivity index (χ1n) is 9.36. The zero-order chi connectivity index (χ0) is 20.4. The van der Waals surface area contributed by atoms with Crippen LogP contribution < -0.4 is 5.32 Å². The minimum Gasteiger partial charge on any atom is -0.353 e. The molecule has 4 rings (SSSR count). The molecule has 0 saturated heterocycles. The van der Waals surface area contributed by atoms with E-state index in [1.54, 1.807) is 23.0 Å². The summed E-state index contributed by atoms with van der Waals surface area (Å²) in [6.07, 6.45) is 1.70. The second kappa shape index (κ2) is 7.83. The number of nitrogens with one attached hydrogen (secondary N) is 1. The Morgan fingerprint density at radius 3 is 2.69 bits per heavy atom. The molecule has 7 nitrogen and oxygen atoms in total. The topological polar surface area (TPSA) is 77.6 Å². The van der Waals surface area contributed by atoms with Crippen LogP contribution >= 0.6 is 0 Å². The molecule has 1 aromatic carbocycles. The summed E-state index contributed by atoms with van der Waals surface area (Å²) in [6, 6.07) is 12.0. The van der Waals surface area contributed by atoms with Crippen LogP contribution in [-0.2, 0) is 17.9 Å². The van der Waals surface area contributed by atoms with Gasteiger partial charge in [0, 0.05) is 18.1 Å². The molecule has 0 aliphatic heterocycles. The Morgan fingerprint density at radius 1 is 1.17 bits per heavy atom. The van der Waals surface area contributed by atoms with Crippen molar-refractivity contribution in [2.24, 2.45) is 0 Å². The molecule has 3 heterocycles. The number of aryl methyl sites for hydroxylation is 2. The molecule has 148 valence electrons. The smallest absolute Gasteiger partial charge is 0.240 e. The second-order valence-electron chi connectivity index (χ2n) is 6.82. The van der Waals surface area contributed by atoms with Crippen molar-refractivity contribution in [1.29, 1.82) is 0 Å². The predicted octanol–water partition coefficient (Wildman–Crippen LogP) is 2.87. The first-order valence-corrected chi connectivity index (χ1v) is 9.36. The Morgan fingerprint density at radius 2 is 1.97 bits per heavy atom. The average molecular weight is 392 g/mol. The van der Waals surface area contributed by atoms with Crippen molar-refractivity contribution < 1.29 is 9.18 Å². The highest BCUT2D eigenvalue weighted by Gasteiger charge is 2.14. The number of hydrogen-bond donors (Lipinski definition) is 1. The van der Waals surface area contributed by atoms with Crippen molar-refractivity contribution in [1.82, 2.24) is 29.6 Å². The number of carbonyl (C=O) groups is 1. The Hall–Kier alpha value is -3.55. The lowest BCUT2D eigenvalue weighted by Crippen LogP contribution is -2.31. The number of fused-ring (bicyclic) bond motifs is 1. The lowest BCUT2D eigenvalue weighted by Gasteiger charge is -2.11. The second-order valence-corrected chi connectivity index (χ2v) is 6.82. The zero-order valence-electron chi connectivity index (χ0n) is 16.3. The first kappa shape index (κ1) is 18.8. The molecule has 0 atom stereocenters. The van der Waals surface area contributed by atoms with Crippen LogP contribution in [0.3, 0.4) is 0 Å². The third-order valence-electron chi connectivity index (χ3n) is 4.71. The van der Waals surface area contributed by atoms with Crippen LogP contribution in [0.5, 0.6) is 0 Å². The maximum Gasteiger partial charge on any atom is 0.240 e. The van der Waals surface area contributed by atoms with Crippen LogP contribution in [-0.4, -0.2) is 36.8 Å². The fourth-order valence-electron chi connectivity index (χ4n) is 3.38. The summed E-state index contributed by atoms with van der Waals surface area (Å²) < 4.78 is 17.0. The summed E-state index contributed by atoms with van der Waals surface area (Å²) in [7, 11) is 0. The number of rotatable bonds is 6. The molecule has 0 aliphatic rings. The molecule has 0 unspecified atom stereocenters. The van der Waals surface area contributed by atoms with Gasteiger partial charge in [0.2, 0.25) is 5.91 Å². The number of nitrogens with zero attached hydrogens (tertiary/aromatic N) is 5. The maximum atomic E-state index is 13.3. The number of halogens is 1. The van der Waals surface area contributed by atoms with Crippen LogP contribution in [0, 0.1) is 19.7 Å². The van der Waals surface area contributed by atoms with E-state index in [0.29, 0.717) is 24.6 Å². The van der Waals surface area contributed by atoms with Gasteiger partial charge < -0.3 is 9.88 Å². The molecular formula is C21H21FN6O. The molecule has 4 aromatic rings. The third-order valence-corrected chi connectivity index (χ3v) is 4.71. The van der Waals surface area contributed by atoms with E-state index in [-0.39, 0.29) is 18.3 Å². The quantitative estimate of drug-likeness (QED) is 0.547. The van der Waals surface area contributed by atoms with Crippen molar-refractivity contribution in [2.75, 3.05) is 6.54 Å². The summed E-state index contributed by atoms with van der Waals surface area (Å²) in [5, 5.41) is 8.14. The molecule has 1 amide bonds. The van der Waals surface area contributed by atoms with Gasteiger partial charge in [-0.05, 0) is 61.9 Å². The maximum absolute atomic E-state index is 13.3. The monoisotopic (exact) mass is 392 g/mol. The Labute approximate surface area is 167 Å². The van der Waals surface area contributed by atoms with Gasteiger partial charge in [0.25, 0.3) is 0 Å². The van der Waals surface area contributed by atoms with Gasteiger partial charge in [0.15, 0.2) is 0 Å². The number of hydrogen-bond acceptors (Lipinski definition) is 4. The number of benzene rings is 1. The van der Waals surface area contributed by atoms with E-state index in [4.69, 9.17) is 0 Å². The van der Waals surface area contributed by atoms with Crippen LogP contribution in [0.4, 0.5) is 4.39 Å². The van der Waals surface area contributed by atoms with Crippen LogP contribution in [0.1, 0.15) is 11.6 Å². The molecular weight excluding hydrogens is 371 g/mol. The summed E-state index contributed by atoms with van der Waals surface area (Å²) >= 11 is 0. The molecule has 0 fully saturated rings. The van der Waals surface area contributed by atoms with Crippen LogP contribution in [0.2, 0.25) is 0 Å².